The summed E-state index contributed by atoms with van der Waals surface area (Å²) in [6.07, 6.45) is 1.02. The second-order valence-electron chi connectivity index (χ2n) is 7.82. The van der Waals surface area contributed by atoms with Gasteiger partial charge in [0.1, 0.15) is 0 Å². The molecular formula is C17H33N. The van der Waals surface area contributed by atoms with Crippen LogP contribution in [-0.4, -0.2) is 5.54 Å². The molecule has 2 N–H and O–H groups in total. The maximum absolute atomic E-state index is 6.20. The van der Waals surface area contributed by atoms with Crippen molar-refractivity contribution in [2.75, 3.05) is 0 Å². The van der Waals surface area contributed by atoms with Gasteiger partial charge in [0.25, 0.3) is 0 Å². The van der Waals surface area contributed by atoms with E-state index in [4.69, 9.17) is 5.73 Å². The van der Waals surface area contributed by atoms with Gasteiger partial charge in [0.15, 0.2) is 0 Å². The summed E-state index contributed by atoms with van der Waals surface area (Å²) >= 11 is 0. The summed E-state index contributed by atoms with van der Waals surface area (Å²) in [4.78, 5) is 0. The van der Waals surface area contributed by atoms with Crippen molar-refractivity contribution in [1.29, 1.82) is 0 Å². The fraction of sp³-hybridized carbons (Fsp3) is 0.765. The van der Waals surface area contributed by atoms with Crippen LogP contribution in [0.15, 0.2) is 24.3 Å². The first-order valence-corrected chi connectivity index (χ1v) is 6.90. The molecule has 0 aromatic rings. The van der Waals surface area contributed by atoms with Crippen molar-refractivity contribution in [3.8, 4) is 0 Å². The molecule has 0 atom stereocenters. The standard InChI is InChI=1S/C17H33N/c1-12(2)13(3)15(5,6)11-16(7,8)14(4)17(9,10)18/h12H,3-4,11,18H2,1-2,5-10H3. The van der Waals surface area contributed by atoms with Gasteiger partial charge in [-0.25, -0.2) is 0 Å². The van der Waals surface area contributed by atoms with Gasteiger partial charge >= 0.3 is 0 Å². The highest BCUT2D eigenvalue weighted by Gasteiger charge is 2.37. The van der Waals surface area contributed by atoms with E-state index in [1.165, 1.54) is 5.57 Å². The quantitative estimate of drug-likeness (QED) is 0.665. The summed E-state index contributed by atoms with van der Waals surface area (Å²) in [5, 5.41) is 0. The molecule has 0 saturated heterocycles. The fourth-order valence-corrected chi connectivity index (χ4v) is 2.98. The minimum atomic E-state index is -0.335. The summed E-state index contributed by atoms with van der Waals surface area (Å²) in [5.74, 6) is 0.509. The van der Waals surface area contributed by atoms with Crippen LogP contribution in [0.2, 0.25) is 0 Å². The van der Waals surface area contributed by atoms with Gasteiger partial charge in [0.2, 0.25) is 0 Å². The summed E-state index contributed by atoms with van der Waals surface area (Å²) in [5.41, 5.74) is 8.39. The van der Waals surface area contributed by atoms with E-state index in [1.54, 1.807) is 0 Å². The van der Waals surface area contributed by atoms with Gasteiger partial charge in [-0.15, -0.1) is 0 Å². The van der Waals surface area contributed by atoms with Crippen LogP contribution in [0.4, 0.5) is 0 Å². The lowest BCUT2D eigenvalue weighted by molar-refractivity contribution is 0.236. The van der Waals surface area contributed by atoms with E-state index in [0.29, 0.717) is 5.92 Å². The van der Waals surface area contributed by atoms with Crippen LogP contribution in [0, 0.1) is 16.7 Å². The number of hydrogen-bond acceptors (Lipinski definition) is 1. The van der Waals surface area contributed by atoms with Crippen LogP contribution in [-0.2, 0) is 0 Å². The fourth-order valence-electron chi connectivity index (χ4n) is 2.98. The predicted molar refractivity (Wildman–Crippen MR) is 83.6 cm³/mol. The second kappa shape index (κ2) is 5.21. The third kappa shape index (κ3) is 4.28. The van der Waals surface area contributed by atoms with Gasteiger partial charge in [-0.2, -0.15) is 0 Å². The van der Waals surface area contributed by atoms with Gasteiger partial charge in [0, 0.05) is 5.54 Å². The van der Waals surface area contributed by atoms with Gasteiger partial charge in [0.05, 0.1) is 0 Å². The molecule has 0 amide bonds. The molecule has 0 aliphatic heterocycles. The molecule has 1 nitrogen and oxygen atoms in total. The van der Waals surface area contributed by atoms with Crippen molar-refractivity contribution in [3.63, 3.8) is 0 Å². The normalized spacial score (nSPS) is 13.9. The first kappa shape index (κ1) is 17.4. The molecule has 0 aliphatic carbocycles. The molecule has 0 rings (SSSR count). The highest BCUT2D eigenvalue weighted by atomic mass is 14.7. The molecule has 0 radical (unpaired) electrons. The van der Waals surface area contributed by atoms with E-state index in [-0.39, 0.29) is 16.4 Å². The topological polar surface area (TPSA) is 26.0 Å². The SMILES string of the molecule is C=C(C(C)C)C(C)(C)CC(C)(C)C(=C)C(C)(C)N. The van der Waals surface area contributed by atoms with E-state index < -0.39 is 0 Å². The van der Waals surface area contributed by atoms with Crippen molar-refractivity contribution in [2.24, 2.45) is 22.5 Å². The molecule has 1 heteroatoms. The van der Waals surface area contributed by atoms with Crippen molar-refractivity contribution in [2.45, 2.75) is 67.3 Å². The van der Waals surface area contributed by atoms with E-state index in [1.807, 2.05) is 13.8 Å². The first-order chi connectivity index (χ1) is 7.72. The second-order valence-corrected chi connectivity index (χ2v) is 7.82. The van der Waals surface area contributed by atoms with Crippen LogP contribution >= 0.6 is 0 Å². The molecule has 0 saturated carbocycles. The van der Waals surface area contributed by atoms with Crippen LogP contribution in [0.25, 0.3) is 0 Å². The van der Waals surface area contributed by atoms with E-state index in [9.17, 15) is 0 Å². The van der Waals surface area contributed by atoms with E-state index in [2.05, 4.69) is 54.7 Å². The van der Waals surface area contributed by atoms with Crippen LogP contribution < -0.4 is 5.73 Å². The van der Waals surface area contributed by atoms with Crippen LogP contribution in [0.3, 0.4) is 0 Å². The highest BCUT2D eigenvalue weighted by molar-refractivity contribution is 5.22. The number of nitrogens with two attached hydrogens (primary N) is 1. The first-order valence-electron chi connectivity index (χ1n) is 6.90. The zero-order valence-electron chi connectivity index (χ0n) is 13.8. The summed E-state index contributed by atoms with van der Waals surface area (Å²) in [6, 6.07) is 0. The minimum absolute atomic E-state index is 0.0135. The van der Waals surface area contributed by atoms with Gasteiger partial charge in [-0.1, -0.05) is 65.8 Å². The Morgan fingerprint density at radius 1 is 0.944 bits per heavy atom. The van der Waals surface area contributed by atoms with Crippen LogP contribution in [0.5, 0.6) is 0 Å². The zero-order chi connectivity index (χ0) is 14.9. The predicted octanol–water partition coefficient (Wildman–Crippen LogP) is 4.93. The Bertz CT molecular complexity index is 324. The molecule has 0 bridgehead atoms. The summed E-state index contributed by atoms with van der Waals surface area (Å²) in [7, 11) is 0. The Morgan fingerprint density at radius 3 is 1.61 bits per heavy atom. The molecule has 0 aromatic carbocycles. The highest BCUT2D eigenvalue weighted by Crippen LogP contribution is 2.45. The van der Waals surface area contributed by atoms with Crippen molar-refractivity contribution < 1.29 is 0 Å². The van der Waals surface area contributed by atoms with Crippen LogP contribution in [0.1, 0.15) is 61.8 Å². The molecule has 0 aromatic heterocycles. The lowest BCUT2D eigenvalue weighted by atomic mass is 9.64. The lowest BCUT2D eigenvalue weighted by Crippen LogP contribution is -2.42. The monoisotopic (exact) mass is 251 g/mol. The molecule has 18 heavy (non-hydrogen) atoms. The van der Waals surface area contributed by atoms with Gasteiger partial charge in [-0.05, 0) is 37.0 Å². The summed E-state index contributed by atoms with van der Waals surface area (Å²) in [6.45, 7) is 26.0. The maximum Gasteiger partial charge on any atom is 0.0314 e. The van der Waals surface area contributed by atoms with Gasteiger partial charge in [-0.3, -0.25) is 0 Å². The largest absolute Gasteiger partial charge is 0.322 e. The Labute approximate surface area is 115 Å². The maximum atomic E-state index is 6.20. The Balaban J connectivity index is 5.09. The third-order valence-corrected chi connectivity index (χ3v) is 4.04. The Morgan fingerprint density at radius 2 is 1.33 bits per heavy atom. The molecule has 0 spiro atoms. The third-order valence-electron chi connectivity index (χ3n) is 4.04. The van der Waals surface area contributed by atoms with Crippen molar-refractivity contribution in [1.82, 2.24) is 0 Å². The zero-order valence-corrected chi connectivity index (χ0v) is 13.8. The van der Waals surface area contributed by atoms with Crippen molar-refractivity contribution in [3.05, 3.63) is 24.3 Å². The molecular weight excluding hydrogens is 218 g/mol. The van der Waals surface area contributed by atoms with Gasteiger partial charge < -0.3 is 5.73 Å². The molecule has 0 aliphatic rings. The smallest absolute Gasteiger partial charge is 0.0314 e. The van der Waals surface area contributed by atoms with Crippen molar-refractivity contribution >= 4 is 0 Å². The molecule has 0 unspecified atom stereocenters. The Hall–Kier alpha value is -0.560. The average molecular weight is 251 g/mol. The molecule has 0 fully saturated rings. The average Bonchev–Trinajstić information content (AvgIpc) is 2.12. The number of rotatable bonds is 6. The van der Waals surface area contributed by atoms with E-state index >= 15 is 0 Å². The van der Waals surface area contributed by atoms with E-state index in [0.717, 1.165) is 12.0 Å². The number of allylic oxidation sites excluding steroid dienone is 1. The Kier molecular flexibility index (Phi) is 5.04. The summed E-state index contributed by atoms with van der Waals surface area (Å²) < 4.78 is 0. The number of hydrogen-bond donors (Lipinski definition) is 1. The minimum Gasteiger partial charge on any atom is -0.322 e. The molecule has 106 valence electrons. The lowest BCUT2D eigenvalue weighted by Gasteiger charge is -2.42. The molecule has 0 heterocycles.